The number of rotatable bonds is 3. The van der Waals surface area contributed by atoms with Crippen LogP contribution in [0.15, 0.2) is 24.3 Å². The Hall–Kier alpha value is -1.39. The van der Waals surface area contributed by atoms with Crippen LogP contribution in [0.3, 0.4) is 0 Å². The molecule has 1 atom stereocenters. The third-order valence-corrected chi connectivity index (χ3v) is 3.33. The maximum absolute atomic E-state index is 5.17. The third-order valence-electron chi connectivity index (χ3n) is 3.33. The van der Waals surface area contributed by atoms with E-state index in [9.17, 15) is 0 Å². The Morgan fingerprint density at radius 3 is 2.82 bits per heavy atom. The Kier molecular flexibility index (Phi) is 2.61. The maximum atomic E-state index is 5.17. The summed E-state index contributed by atoms with van der Waals surface area (Å²) in [6.45, 7) is 3.78. The second-order valence-corrected chi connectivity index (χ2v) is 4.64. The largest absolute Gasteiger partial charge is 0.378 e. The molecule has 1 aromatic carbocycles. The Bertz CT molecular complexity index is 530. The lowest BCUT2D eigenvalue weighted by atomic mass is 10.2. The van der Waals surface area contributed by atoms with E-state index in [4.69, 9.17) is 4.74 Å². The van der Waals surface area contributed by atoms with E-state index in [1.54, 1.807) is 0 Å². The molecule has 4 nitrogen and oxygen atoms in total. The number of benzene rings is 1. The predicted octanol–water partition coefficient (Wildman–Crippen LogP) is 1.62. The molecule has 90 valence electrons. The van der Waals surface area contributed by atoms with E-state index in [0.29, 0.717) is 6.04 Å². The number of aryl methyl sites for hydroxylation is 1. The number of nitrogens with one attached hydrogen (secondary N) is 1. The molecule has 2 heterocycles. The molecule has 1 aromatic heterocycles. The van der Waals surface area contributed by atoms with E-state index in [2.05, 4.69) is 41.0 Å². The number of aromatic nitrogens is 2. The zero-order valence-corrected chi connectivity index (χ0v) is 10.2. The molecule has 1 saturated heterocycles. The first-order chi connectivity index (χ1) is 8.25. The SMILES string of the molecule is CC(NC1COC1)c1nc2ccccc2n1C. The van der Waals surface area contributed by atoms with E-state index in [1.807, 2.05) is 12.1 Å². The summed E-state index contributed by atoms with van der Waals surface area (Å²) in [7, 11) is 2.07. The Morgan fingerprint density at radius 1 is 1.41 bits per heavy atom. The molecule has 0 amide bonds. The van der Waals surface area contributed by atoms with Crippen LogP contribution in [-0.2, 0) is 11.8 Å². The van der Waals surface area contributed by atoms with Crippen molar-refractivity contribution in [3.8, 4) is 0 Å². The van der Waals surface area contributed by atoms with Gasteiger partial charge >= 0.3 is 0 Å². The number of para-hydroxylation sites is 2. The highest BCUT2D eigenvalue weighted by atomic mass is 16.5. The molecule has 1 N–H and O–H groups in total. The maximum Gasteiger partial charge on any atom is 0.126 e. The monoisotopic (exact) mass is 231 g/mol. The highest BCUT2D eigenvalue weighted by Gasteiger charge is 2.22. The molecule has 0 spiro atoms. The molecule has 2 aromatic rings. The van der Waals surface area contributed by atoms with E-state index < -0.39 is 0 Å². The summed E-state index contributed by atoms with van der Waals surface area (Å²) in [4.78, 5) is 4.68. The summed E-state index contributed by atoms with van der Waals surface area (Å²) in [5.74, 6) is 1.08. The summed E-state index contributed by atoms with van der Waals surface area (Å²) in [6, 6.07) is 8.96. The topological polar surface area (TPSA) is 39.1 Å². The Labute approximate surface area is 101 Å². The van der Waals surface area contributed by atoms with Gasteiger partial charge in [0.2, 0.25) is 0 Å². The molecule has 0 bridgehead atoms. The Morgan fingerprint density at radius 2 is 2.18 bits per heavy atom. The lowest BCUT2D eigenvalue weighted by Crippen LogP contribution is -2.47. The molecular weight excluding hydrogens is 214 g/mol. The van der Waals surface area contributed by atoms with Crippen molar-refractivity contribution in [3.05, 3.63) is 30.1 Å². The van der Waals surface area contributed by atoms with E-state index in [1.165, 1.54) is 5.52 Å². The van der Waals surface area contributed by atoms with Crippen LogP contribution in [0.5, 0.6) is 0 Å². The highest BCUT2D eigenvalue weighted by molar-refractivity contribution is 5.75. The average molecular weight is 231 g/mol. The minimum Gasteiger partial charge on any atom is -0.378 e. The van der Waals surface area contributed by atoms with Crippen LogP contribution in [0.2, 0.25) is 0 Å². The highest BCUT2D eigenvalue weighted by Crippen LogP contribution is 2.20. The van der Waals surface area contributed by atoms with Crippen LogP contribution in [0, 0.1) is 0 Å². The molecule has 0 aliphatic carbocycles. The van der Waals surface area contributed by atoms with Crippen LogP contribution < -0.4 is 5.32 Å². The standard InChI is InChI=1S/C13H17N3O/c1-9(14-10-7-17-8-10)13-15-11-5-3-4-6-12(11)16(13)2/h3-6,9-10,14H,7-8H2,1-2H3. The van der Waals surface area contributed by atoms with Crippen LogP contribution in [0.1, 0.15) is 18.8 Å². The molecule has 1 fully saturated rings. The summed E-state index contributed by atoms with van der Waals surface area (Å²) in [6.07, 6.45) is 0. The second-order valence-electron chi connectivity index (χ2n) is 4.64. The van der Waals surface area contributed by atoms with Crippen molar-refractivity contribution in [2.45, 2.75) is 19.0 Å². The van der Waals surface area contributed by atoms with Crippen molar-refractivity contribution in [1.29, 1.82) is 0 Å². The third kappa shape index (κ3) is 1.83. The fraction of sp³-hybridized carbons (Fsp3) is 0.462. The Balaban J connectivity index is 1.90. The summed E-state index contributed by atoms with van der Waals surface area (Å²) >= 11 is 0. The van der Waals surface area contributed by atoms with Gasteiger partial charge < -0.3 is 14.6 Å². The summed E-state index contributed by atoms with van der Waals surface area (Å²) in [5.41, 5.74) is 2.24. The molecule has 1 aliphatic rings. The van der Waals surface area contributed by atoms with Gasteiger partial charge in [0.15, 0.2) is 0 Å². The first kappa shape index (κ1) is 10.7. The average Bonchev–Trinajstić information content (AvgIpc) is 2.62. The van der Waals surface area contributed by atoms with Crippen LogP contribution in [0.4, 0.5) is 0 Å². The van der Waals surface area contributed by atoms with Crippen molar-refractivity contribution < 1.29 is 4.74 Å². The molecule has 4 heteroatoms. The van der Waals surface area contributed by atoms with Crippen molar-refractivity contribution in [1.82, 2.24) is 14.9 Å². The van der Waals surface area contributed by atoms with Gasteiger partial charge in [0.05, 0.1) is 36.3 Å². The molecule has 0 radical (unpaired) electrons. The quantitative estimate of drug-likeness (QED) is 0.872. The van der Waals surface area contributed by atoms with Crippen molar-refractivity contribution in [3.63, 3.8) is 0 Å². The van der Waals surface area contributed by atoms with Crippen LogP contribution >= 0.6 is 0 Å². The summed E-state index contributed by atoms with van der Waals surface area (Å²) < 4.78 is 7.33. The first-order valence-corrected chi connectivity index (χ1v) is 6.01. The van der Waals surface area contributed by atoms with Gasteiger partial charge in [-0.3, -0.25) is 0 Å². The van der Waals surface area contributed by atoms with E-state index in [0.717, 1.165) is 24.6 Å². The van der Waals surface area contributed by atoms with Gasteiger partial charge in [-0.25, -0.2) is 4.98 Å². The van der Waals surface area contributed by atoms with Crippen molar-refractivity contribution in [2.75, 3.05) is 13.2 Å². The minimum atomic E-state index is 0.251. The fourth-order valence-corrected chi connectivity index (χ4v) is 2.31. The first-order valence-electron chi connectivity index (χ1n) is 6.01. The van der Waals surface area contributed by atoms with E-state index in [-0.39, 0.29) is 6.04 Å². The lowest BCUT2D eigenvalue weighted by Gasteiger charge is -2.29. The number of nitrogens with zero attached hydrogens (tertiary/aromatic N) is 2. The molecule has 1 unspecified atom stereocenters. The second kappa shape index (κ2) is 4.13. The zero-order chi connectivity index (χ0) is 11.8. The normalized spacial score (nSPS) is 18.2. The fourth-order valence-electron chi connectivity index (χ4n) is 2.31. The molecule has 3 rings (SSSR count). The minimum absolute atomic E-state index is 0.251. The number of imidazole rings is 1. The number of fused-ring (bicyclic) bond motifs is 1. The molecule has 1 aliphatic heterocycles. The van der Waals surface area contributed by atoms with Gasteiger partial charge in [-0.2, -0.15) is 0 Å². The zero-order valence-electron chi connectivity index (χ0n) is 10.2. The number of hydrogen-bond acceptors (Lipinski definition) is 3. The van der Waals surface area contributed by atoms with Crippen LogP contribution in [0.25, 0.3) is 11.0 Å². The van der Waals surface area contributed by atoms with E-state index >= 15 is 0 Å². The van der Waals surface area contributed by atoms with Crippen molar-refractivity contribution >= 4 is 11.0 Å². The smallest absolute Gasteiger partial charge is 0.126 e. The lowest BCUT2D eigenvalue weighted by molar-refractivity contribution is -0.00973. The van der Waals surface area contributed by atoms with Gasteiger partial charge in [-0.15, -0.1) is 0 Å². The van der Waals surface area contributed by atoms with Gasteiger partial charge in [0.25, 0.3) is 0 Å². The summed E-state index contributed by atoms with van der Waals surface area (Å²) in [5, 5.41) is 3.53. The molecule has 0 saturated carbocycles. The predicted molar refractivity (Wildman–Crippen MR) is 66.9 cm³/mol. The van der Waals surface area contributed by atoms with Gasteiger partial charge in [0, 0.05) is 7.05 Å². The van der Waals surface area contributed by atoms with Gasteiger partial charge in [-0.1, -0.05) is 12.1 Å². The number of ether oxygens (including phenoxy) is 1. The van der Waals surface area contributed by atoms with Gasteiger partial charge in [-0.05, 0) is 19.1 Å². The molecular formula is C13H17N3O. The number of hydrogen-bond donors (Lipinski definition) is 1. The molecule has 17 heavy (non-hydrogen) atoms. The van der Waals surface area contributed by atoms with Crippen molar-refractivity contribution in [2.24, 2.45) is 7.05 Å². The van der Waals surface area contributed by atoms with Gasteiger partial charge in [0.1, 0.15) is 5.82 Å². The van der Waals surface area contributed by atoms with Crippen LogP contribution in [-0.4, -0.2) is 28.8 Å².